The van der Waals surface area contributed by atoms with Crippen LogP contribution in [0.1, 0.15) is 18.3 Å². The molecule has 8 nitrogen and oxygen atoms in total. The molecule has 0 radical (unpaired) electrons. The van der Waals surface area contributed by atoms with Gasteiger partial charge in [-0.05, 0) is 24.6 Å². The second-order valence-electron chi connectivity index (χ2n) is 6.01. The van der Waals surface area contributed by atoms with E-state index in [1.54, 1.807) is 6.92 Å². The predicted octanol–water partition coefficient (Wildman–Crippen LogP) is 1.70. The highest BCUT2D eigenvalue weighted by atomic mass is 16.5. The number of benzene rings is 1. The maximum atomic E-state index is 12.1. The Morgan fingerprint density at radius 3 is 2.70 bits per heavy atom. The normalized spacial score (nSPS) is 11.7. The Labute approximate surface area is 156 Å². The largest absolute Gasteiger partial charge is 0.445 e. The molecule has 0 spiro atoms. The van der Waals surface area contributed by atoms with E-state index in [-0.39, 0.29) is 12.5 Å². The third-order valence-corrected chi connectivity index (χ3v) is 3.97. The first-order chi connectivity index (χ1) is 13.1. The van der Waals surface area contributed by atoms with Gasteiger partial charge in [0.05, 0.1) is 0 Å². The summed E-state index contributed by atoms with van der Waals surface area (Å²) < 4.78 is 6.98. The summed E-state index contributed by atoms with van der Waals surface area (Å²) in [5.41, 5.74) is 1.64. The molecular weight excluding hydrogens is 346 g/mol. The summed E-state index contributed by atoms with van der Waals surface area (Å²) in [5, 5.41) is 13.5. The minimum Gasteiger partial charge on any atom is -0.445 e. The number of hydrogen-bond acceptors (Lipinski definition) is 5. The number of hydrogen-bond donors (Lipinski definition) is 2. The summed E-state index contributed by atoms with van der Waals surface area (Å²) >= 11 is 0. The Morgan fingerprint density at radius 2 is 1.89 bits per heavy atom. The van der Waals surface area contributed by atoms with E-state index in [0.29, 0.717) is 13.0 Å². The van der Waals surface area contributed by atoms with Gasteiger partial charge in [0.1, 0.15) is 18.5 Å². The molecule has 0 aliphatic heterocycles. The molecule has 0 aliphatic carbocycles. The fourth-order valence-corrected chi connectivity index (χ4v) is 2.52. The molecule has 0 saturated carbocycles. The van der Waals surface area contributed by atoms with Gasteiger partial charge in [0.2, 0.25) is 5.91 Å². The van der Waals surface area contributed by atoms with Gasteiger partial charge in [-0.25, -0.2) is 4.79 Å². The summed E-state index contributed by atoms with van der Waals surface area (Å²) in [5.74, 6) is 0.467. The summed E-state index contributed by atoms with van der Waals surface area (Å²) in [6.07, 6.45) is 1.77. The first-order valence-electron chi connectivity index (χ1n) is 8.67. The molecule has 0 unspecified atom stereocenters. The third kappa shape index (κ3) is 5.04. The van der Waals surface area contributed by atoms with Crippen molar-refractivity contribution >= 4 is 17.6 Å². The Balaban J connectivity index is 1.40. The Bertz CT molecular complexity index is 910. The topological polar surface area (TPSA) is 97.6 Å². The van der Waals surface area contributed by atoms with Crippen molar-refractivity contribution in [3.8, 4) is 0 Å². The van der Waals surface area contributed by atoms with Crippen LogP contribution in [-0.2, 0) is 22.6 Å². The molecule has 0 fully saturated rings. The lowest BCUT2D eigenvalue weighted by atomic mass is 10.2. The van der Waals surface area contributed by atoms with Crippen molar-refractivity contribution in [3.63, 3.8) is 0 Å². The highest BCUT2D eigenvalue weighted by molar-refractivity contribution is 5.85. The molecule has 2 heterocycles. The molecule has 27 heavy (non-hydrogen) atoms. The average Bonchev–Trinajstić information content (AvgIpc) is 3.10. The number of carbonyl (C=O) groups is 2. The second-order valence-corrected chi connectivity index (χ2v) is 6.01. The maximum Gasteiger partial charge on any atom is 0.408 e. The molecule has 2 N–H and O–H groups in total. The molecule has 3 aromatic rings. The molecule has 0 aliphatic rings. The summed E-state index contributed by atoms with van der Waals surface area (Å²) in [7, 11) is 0. The predicted molar refractivity (Wildman–Crippen MR) is 98.9 cm³/mol. The van der Waals surface area contributed by atoms with E-state index >= 15 is 0 Å². The Morgan fingerprint density at radius 1 is 1.11 bits per heavy atom. The summed E-state index contributed by atoms with van der Waals surface area (Å²) in [4.78, 5) is 23.9. The number of amides is 2. The number of carbonyl (C=O) groups excluding carboxylic acids is 2. The molecule has 0 saturated heterocycles. The number of alkyl carbamates (subject to hydrolysis) is 1. The molecular formula is C19H21N5O3. The Hall–Kier alpha value is -3.42. The molecule has 1 aromatic carbocycles. The van der Waals surface area contributed by atoms with Crippen LogP contribution >= 0.6 is 0 Å². The lowest BCUT2D eigenvalue weighted by molar-refractivity contribution is -0.122. The lowest BCUT2D eigenvalue weighted by Crippen LogP contribution is -2.45. The zero-order chi connectivity index (χ0) is 19.1. The van der Waals surface area contributed by atoms with Crippen molar-refractivity contribution in [2.75, 3.05) is 6.54 Å². The molecule has 2 aromatic heterocycles. The minimum absolute atomic E-state index is 0.154. The van der Waals surface area contributed by atoms with Crippen LogP contribution < -0.4 is 10.6 Å². The Kier molecular flexibility index (Phi) is 5.98. The number of pyridine rings is 1. The highest BCUT2D eigenvalue weighted by Gasteiger charge is 2.16. The van der Waals surface area contributed by atoms with Gasteiger partial charge in [0, 0.05) is 19.2 Å². The minimum atomic E-state index is -0.705. The molecule has 0 bridgehead atoms. The number of fused-ring (bicyclic) bond motifs is 1. The van der Waals surface area contributed by atoms with E-state index in [9.17, 15) is 9.59 Å². The van der Waals surface area contributed by atoms with Crippen LogP contribution in [0.3, 0.4) is 0 Å². The first-order valence-corrected chi connectivity index (χ1v) is 8.67. The zero-order valence-corrected chi connectivity index (χ0v) is 15.0. The van der Waals surface area contributed by atoms with Crippen LogP contribution in [0.25, 0.3) is 5.65 Å². The van der Waals surface area contributed by atoms with E-state index in [4.69, 9.17) is 4.74 Å². The average molecular weight is 367 g/mol. The number of nitrogens with zero attached hydrogens (tertiary/aromatic N) is 3. The van der Waals surface area contributed by atoms with Gasteiger partial charge >= 0.3 is 6.09 Å². The van der Waals surface area contributed by atoms with E-state index in [1.807, 2.05) is 59.1 Å². The van der Waals surface area contributed by atoms with Crippen LogP contribution in [0.4, 0.5) is 4.79 Å². The smallest absolute Gasteiger partial charge is 0.408 e. The molecule has 2 amide bonds. The van der Waals surface area contributed by atoms with Gasteiger partial charge in [0.25, 0.3) is 0 Å². The standard InChI is InChI=1S/C19H21N5O3/c1-14(21-19(26)27-13-15-7-3-2-4-8-15)18(25)20-11-10-17-23-22-16-9-5-6-12-24(16)17/h2-9,12,14H,10-11,13H2,1H3,(H,20,25)(H,21,26)/t14-/m0/s1. The van der Waals surface area contributed by atoms with Gasteiger partial charge in [0.15, 0.2) is 5.65 Å². The van der Waals surface area contributed by atoms with Gasteiger partial charge < -0.3 is 15.4 Å². The van der Waals surface area contributed by atoms with Gasteiger partial charge in [-0.1, -0.05) is 36.4 Å². The quantitative estimate of drug-likeness (QED) is 0.662. The lowest BCUT2D eigenvalue weighted by Gasteiger charge is -2.14. The van der Waals surface area contributed by atoms with Gasteiger partial charge in [-0.15, -0.1) is 10.2 Å². The van der Waals surface area contributed by atoms with Crippen LogP contribution in [-0.4, -0.2) is 39.2 Å². The van der Waals surface area contributed by atoms with Crippen molar-refractivity contribution in [3.05, 3.63) is 66.1 Å². The van der Waals surface area contributed by atoms with Gasteiger partial charge in [-0.2, -0.15) is 0 Å². The molecule has 140 valence electrons. The zero-order valence-electron chi connectivity index (χ0n) is 15.0. The van der Waals surface area contributed by atoms with E-state index in [1.165, 1.54) is 0 Å². The second kappa shape index (κ2) is 8.79. The fourth-order valence-electron chi connectivity index (χ4n) is 2.52. The molecule has 1 atom stereocenters. The van der Waals surface area contributed by atoms with E-state index < -0.39 is 12.1 Å². The monoisotopic (exact) mass is 367 g/mol. The van der Waals surface area contributed by atoms with Crippen molar-refractivity contribution in [2.24, 2.45) is 0 Å². The van der Waals surface area contributed by atoms with E-state index in [2.05, 4.69) is 20.8 Å². The maximum absolute atomic E-state index is 12.1. The number of rotatable bonds is 7. The van der Waals surface area contributed by atoms with Crippen molar-refractivity contribution in [1.29, 1.82) is 0 Å². The van der Waals surface area contributed by atoms with Crippen LogP contribution in [0, 0.1) is 0 Å². The van der Waals surface area contributed by atoms with Gasteiger partial charge in [-0.3, -0.25) is 9.20 Å². The fraction of sp³-hybridized carbons (Fsp3) is 0.263. The number of aromatic nitrogens is 3. The van der Waals surface area contributed by atoms with Crippen molar-refractivity contribution in [2.45, 2.75) is 26.0 Å². The first kappa shape index (κ1) is 18.4. The number of nitrogens with one attached hydrogen (secondary N) is 2. The molecule has 8 heteroatoms. The van der Waals surface area contributed by atoms with Crippen LogP contribution in [0.5, 0.6) is 0 Å². The van der Waals surface area contributed by atoms with Crippen molar-refractivity contribution in [1.82, 2.24) is 25.2 Å². The highest BCUT2D eigenvalue weighted by Crippen LogP contribution is 2.03. The van der Waals surface area contributed by atoms with Crippen LogP contribution in [0.15, 0.2) is 54.7 Å². The van der Waals surface area contributed by atoms with Crippen LogP contribution in [0.2, 0.25) is 0 Å². The van der Waals surface area contributed by atoms with E-state index in [0.717, 1.165) is 17.0 Å². The summed E-state index contributed by atoms with van der Waals surface area (Å²) in [6.45, 7) is 2.14. The molecule has 3 rings (SSSR count). The summed E-state index contributed by atoms with van der Waals surface area (Å²) in [6, 6.07) is 14.3. The number of ether oxygens (including phenoxy) is 1. The van der Waals surface area contributed by atoms with Crippen molar-refractivity contribution < 1.29 is 14.3 Å². The third-order valence-electron chi connectivity index (χ3n) is 3.97. The SMILES string of the molecule is C[C@H](NC(=O)OCc1ccccc1)C(=O)NCCc1nnc2ccccn12.